The van der Waals surface area contributed by atoms with Crippen LogP contribution in [0.15, 0.2) is 24.3 Å². The molecule has 0 radical (unpaired) electrons. The van der Waals surface area contributed by atoms with Gasteiger partial charge in [0.05, 0.1) is 12.7 Å². The molecular weight excluding hydrogens is 248 g/mol. The van der Waals surface area contributed by atoms with Crippen molar-refractivity contribution in [3.05, 3.63) is 34.9 Å². The van der Waals surface area contributed by atoms with Gasteiger partial charge in [-0.05, 0) is 31.2 Å². The van der Waals surface area contributed by atoms with Crippen LogP contribution < -0.4 is 5.32 Å². The van der Waals surface area contributed by atoms with E-state index in [1.807, 2.05) is 25.2 Å². The maximum atomic E-state index is 5.99. The Bertz CT molecular complexity index is 371. The second-order valence-electron chi connectivity index (χ2n) is 4.73. The molecule has 1 fully saturated rings. The van der Waals surface area contributed by atoms with Crippen molar-refractivity contribution in [1.29, 1.82) is 0 Å². The van der Waals surface area contributed by atoms with Crippen LogP contribution in [0.3, 0.4) is 0 Å². The summed E-state index contributed by atoms with van der Waals surface area (Å²) < 4.78 is 5.69. The summed E-state index contributed by atoms with van der Waals surface area (Å²) in [7, 11) is 1.97. The van der Waals surface area contributed by atoms with Gasteiger partial charge in [-0.1, -0.05) is 23.7 Å². The monoisotopic (exact) mass is 268 g/mol. The molecule has 1 N–H and O–H groups in total. The quantitative estimate of drug-likeness (QED) is 0.881. The van der Waals surface area contributed by atoms with E-state index < -0.39 is 0 Å². The Balaban J connectivity index is 1.79. The van der Waals surface area contributed by atoms with Crippen molar-refractivity contribution >= 4 is 11.6 Å². The summed E-state index contributed by atoms with van der Waals surface area (Å²) in [6.45, 7) is 4.88. The molecule has 1 heterocycles. The first-order chi connectivity index (χ1) is 8.78. The zero-order valence-electron chi connectivity index (χ0n) is 10.9. The Morgan fingerprint density at radius 3 is 3.17 bits per heavy atom. The SMILES string of the molecule is CNCC1CN(CCc2cccc(Cl)c2)CCO1. The molecule has 1 saturated heterocycles. The lowest BCUT2D eigenvalue weighted by Gasteiger charge is -2.32. The molecule has 100 valence electrons. The average molecular weight is 269 g/mol. The number of nitrogens with zero attached hydrogens (tertiary/aromatic N) is 1. The van der Waals surface area contributed by atoms with Crippen LogP contribution in [-0.4, -0.2) is 50.8 Å². The number of ether oxygens (including phenoxy) is 1. The van der Waals surface area contributed by atoms with Crippen LogP contribution in [0.25, 0.3) is 0 Å². The zero-order chi connectivity index (χ0) is 12.8. The normalized spacial score (nSPS) is 21.1. The maximum absolute atomic E-state index is 5.99. The number of rotatable bonds is 5. The fourth-order valence-electron chi connectivity index (χ4n) is 2.31. The molecule has 1 unspecified atom stereocenters. The van der Waals surface area contributed by atoms with Crippen molar-refractivity contribution in [2.75, 3.05) is 39.8 Å². The highest BCUT2D eigenvalue weighted by Crippen LogP contribution is 2.12. The highest BCUT2D eigenvalue weighted by Gasteiger charge is 2.19. The van der Waals surface area contributed by atoms with Crippen molar-refractivity contribution in [3.63, 3.8) is 0 Å². The van der Waals surface area contributed by atoms with E-state index in [2.05, 4.69) is 16.3 Å². The van der Waals surface area contributed by atoms with Crippen LogP contribution in [0.2, 0.25) is 5.02 Å². The van der Waals surface area contributed by atoms with Crippen LogP contribution in [0.1, 0.15) is 5.56 Å². The molecule has 0 aliphatic carbocycles. The van der Waals surface area contributed by atoms with Gasteiger partial charge >= 0.3 is 0 Å². The van der Waals surface area contributed by atoms with E-state index in [-0.39, 0.29) is 0 Å². The lowest BCUT2D eigenvalue weighted by atomic mass is 10.1. The molecule has 1 atom stereocenters. The van der Waals surface area contributed by atoms with Gasteiger partial charge in [-0.25, -0.2) is 0 Å². The second-order valence-corrected chi connectivity index (χ2v) is 5.17. The molecule has 2 rings (SSSR count). The van der Waals surface area contributed by atoms with Crippen molar-refractivity contribution in [2.45, 2.75) is 12.5 Å². The van der Waals surface area contributed by atoms with Crippen molar-refractivity contribution < 1.29 is 4.74 Å². The van der Waals surface area contributed by atoms with E-state index in [1.165, 1.54) is 5.56 Å². The fourth-order valence-corrected chi connectivity index (χ4v) is 2.53. The van der Waals surface area contributed by atoms with E-state index in [0.717, 1.165) is 44.2 Å². The van der Waals surface area contributed by atoms with E-state index in [1.54, 1.807) is 0 Å². The minimum Gasteiger partial charge on any atom is -0.374 e. The van der Waals surface area contributed by atoms with Gasteiger partial charge in [0.2, 0.25) is 0 Å². The van der Waals surface area contributed by atoms with Gasteiger partial charge < -0.3 is 10.1 Å². The predicted molar refractivity (Wildman–Crippen MR) is 75.3 cm³/mol. The summed E-state index contributed by atoms with van der Waals surface area (Å²) in [4.78, 5) is 2.46. The van der Waals surface area contributed by atoms with Crippen LogP contribution >= 0.6 is 11.6 Å². The molecule has 0 spiro atoms. The Morgan fingerprint density at radius 1 is 1.50 bits per heavy atom. The fraction of sp³-hybridized carbons (Fsp3) is 0.571. The molecule has 0 bridgehead atoms. The van der Waals surface area contributed by atoms with Crippen molar-refractivity contribution in [2.24, 2.45) is 0 Å². The summed E-state index contributed by atoms with van der Waals surface area (Å²) in [6.07, 6.45) is 1.37. The van der Waals surface area contributed by atoms with E-state index >= 15 is 0 Å². The van der Waals surface area contributed by atoms with Crippen LogP contribution in [0, 0.1) is 0 Å². The molecule has 1 aliphatic heterocycles. The van der Waals surface area contributed by atoms with Crippen LogP contribution in [0.5, 0.6) is 0 Å². The zero-order valence-corrected chi connectivity index (χ0v) is 11.6. The summed E-state index contributed by atoms with van der Waals surface area (Å²) in [5.74, 6) is 0. The highest BCUT2D eigenvalue weighted by molar-refractivity contribution is 6.30. The van der Waals surface area contributed by atoms with Gasteiger partial charge in [0, 0.05) is 31.2 Å². The molecule has 0 saturated carbocycles. The Morgan fingerprint density at radius 2 is 2.39 bits per heavy atom. The lowest BCUT2D eigenvalue weighted by Crippen LogP contribution is -2.46. The topological polar surface area (TPSA) is 24.5 Å². The number of morpholine rings is 1. The van der Waals surface area contributed by atoms with Crippen LogP contribution in [0.4, 0.5) is 0 Å². The number of hydrogen-bond acceptors (Lipinski definition) is 3. The van der Waals surface area contributed by atoms with E-state index in [0.29, 0.717) is 6.10 Å². The molecule has 0 aromatic heterocycles. The number of benzene rings is 1. The molecular formula is C14H21ClN2O. The van der Waals surface area contributed by atoms with Gasteiger partial charge in [0.1, 0.15) is 0 Å². The van der Waals surface area contributed by atoms with Gasteiger partial charge in [-0.15, -0.1) is 0 Å². The van der Waals surface area contributed by atoms with Gasteiger partial charge in [0.25, 0.3) is 0 Å². The molecule has 4 heteroatoms. The van der Waals surface area contributed by atoms with Crippen LogP contribution in [-0.2, 0) is 11.2 Å². The minimum absolute atomic E-state index is 0.322. The van der Waals surface area contributed by atoms with E-state index in [4.69, 9.17) is 16.3 Å². The highest BCUT2D eigenvalue weighted by atomic mass is 35.5. The van der Waals surface area contributed by atoms with Crippen molar-refractivity contribution in [3.8, 4) is 0 Å². The second kappa shape index (κ2) is 7.10. The largest absolute Gasteiger partial charge is 0.374 e. The van der Waals surface area contributed by atoms with Gasteiger partial charge in [0.15, 0.2) is 0 Å². The summed E-state index contributed by atoms with van der Waals surface area (Å²) in [5.41, 5.74) is 1.30. The maximum Gasteiger partial charge on any atom is 0.0826 e. The van der Waals surface area contributed by atoms with Gasteiger partial charge in [-0.3, -0.25) is 4.90 Å². The predicted octanol–water partition coefficient (Wildman–Crippen LogP) is 1.80. The average Bonchev–Trinajstić information content (AvgIpc) is 2.37. The first-order valence-electron chi connectivity index (χ1n) is 6.51. The molecule has 1 aromatic carbocycles. The third-order valence-corrected chi connectivity index (χ3v) is 3.50. The molecule has 0 amide bonds. The number of nitrogens with one attached hydrogen (secondary N) is 1. The van der Waals surface area contributed by atoms with Crippen molar-refractivity contribution in [1.82, 2.24) is 10.2 Å². The van der Waals surface area contributed by atoms with Gasteiger partial charge in [-0.2, -0.15) is 0 Å². The molecule has 1 aromatic rings. The minimum atomic E-state index is 0.322. The van der Waals surface area contributed by atoms with E-state index in [9.17, 15) is 0 Å². The summed E-state index contributed by atoms with van der Waals surface area (Å²) in [5, 5.41) is 3.99. The third kappa shape index (κ3) is 4.25. The number of halogens is 1. The number of likely N-dealkylation sites (N-methyl/N-ethyl adjacent to an activating group) is 1. The summed E-state index contributed by atoms with van der Waals surface area (Å²) in [6, 6.07) is 8.12. The third-order valence-electron chi connectivity index (χ3n) is 3.26. The Hall–Kier alpha value is -0.610. The molecule has 1 aliphatic rings. The smallest absolute Gasteiger partial charge is 0.0826 e. The Labute approximate surface area is 114 Å². The molecule has 18 heavy (non-hydrogen) atoms. The molecule has 3 nitrogen and oxygen atoms in total. The summed E-state index contributed by atoms with van der Waals surface area (Å²) >= 11 is 5.99. The lowest BCUT2D eigenvalue weighted by molar-refractivity contribution is -0.0258. The number of hydrogen-bond donors (Lipinski definition) is 1. The first kappa shape index (κ1) is 13.8. The Kier molecular flexibility index (Phi) is 5.45. The standard InChI is InChI=1S/C14H21ClN2O/c1-16-10-14-11-17(7-8-18-14)6-5-12-3-2-4-13(15)9-12/h2-4,9,14,16H,5-8,10-11H2,1H3. The first-order valence-corrected chi connectivity index (χ1v) is 6.88.